The maximum absolute atomic E-state index is 12.6. The molecule has 14 heteroatoms. The maximum Gasteiger partial charge on any atom is 0.306 e. The molecule has 40 heavy (non-hydrogen) atoms. The minimum atomic E-state index is -1.46. The van der Waals surface area contributed by atoms with Crippen molar-refractivity contribution in [3.05, 3.63) is 114 Å². The van der Waals surface area contributed by atoms with Gasteiger partial charge in [-0.3, -0.25) is 39.9 Å². The van der Waals surface area contributed by atoms with Crippen LogP contribution in [0.15, 0.2) is 72.8 Å². The number of nitro groups is 3. The number of quaternary nitrogens is 1. The zero-order valence-corrected chi connectivity index (χ0v) is 21.3. The van der Waals surface area contributed by atoms with Gasteiger partial charge in [0.25, 0.3) is 17.1 Å². The predicted octanol–water partition coefficient (Wildman–Crippen LogP) is 3.09. The normalized spacial score (nSPS) is 11.8. The largest absolute Gasteiger partial charge is 0.863 e. The van der Waals surface area contributed by atoms with E-state index in [4.69, 9.17) is 4.74 Å². The molecule has 0 radical (unpaired) electrons. The summed E-state index contributed by atoms with van der Waals surface area (Å²) in [6.45, 7) is 2.18. The molecule has 0 amide bonds. The van der Waals surface area contributed by atoms with Crippen molar-refractivity contribution >= 4 is 28.8 Å². The lowest BCUT2D eigenvalue weighted by Gasteiger charge is -2.24. The van der Waals surface area contributed by atoms with Crippen molar-refractivity contribution in [2.45, 2.75) is 31.8 Å². The first-order valence-electron chi connectivity index (χ1n) is 11.9. The van der Waals surface area contributed by atoms with Crippen LogP contribution >= 0.6 is 0 Å². The van der Waals surface area contributed by atoms with Gasteiger partial charge in [-0.1, -0.05) is 67.6 Å². The lowest BCUT2D eigenvalue weighted by atomic mass is 9.87. The first-order valence-corrected chi connectivity index (χ1v) is 11.9. The Morgan fingerprint density at radius 3 is 1.77 bits per heavy atom. The van der Waals surface area contributed by atoms with E-state index in [1.54, 1.807) is 6.92 Å². The van der Waals surface area contributed by atoms with E-state index < -0.39 is 43.7 Å². The van der Waals surface area contributed by atoms with Gasteiger partial charge in [-0.2, -0.15) is 0 Å². The Kier molecular flexibility index (Phi) is 11.3. The SMILES string of the molecule is CCC(=O)OC(C[NH3+])C(CC(=O)c1ccccc1)c1ccccc1.O=[N+]([O-])c1cc([N+](=O)[O-])c([O-])c([N+](=O)[O-])c1. The molecule has 2 unspecified atom stereocenters. The number of ether oxygens (including phenoxy) is 1. The molecule has 0 aliphatic rings. The topological polar surface area (TPSA) is 223 Å². The van der Waals surface area contributed by atoms with Crippen LogP contribution in [0.2, 0.25) is 0 Å². The van der Waals surface area contributed by atoms with E-state index in [-0.39, 0.29) is 24.1 Å². The van der Waals surface area contributed by atoms with Crippen molar-refractivity contribution in [2.75, 3.05) is 6.54 Å². The molecule has 0 saturated heterocycles. The number of nitrogens with zero attached hydrogens (tertiary/aromatic N) is 3. The van der Waals surface area contributed by atoms with Crippen molar-refractivity contribution in [3.63, 3.8) is 0 Å². The van der Waals surface area contributed by atoms with Crippen LogP contribution in [0.3, 0.4) is 0 Å². The molecule has 0 bridgehead atoms. The number of hydrogen-bond donors (Lipinski definition) is 1. The number of nitro benzene ring substituents is 3. The van der Waals surface area contributed by atoms with Gasteiger partial charge in [-0.25, -0.2) is 0 Å². The van der Waals surface area contributed by atoms with Crippen molar-refractivity contribution in [1.29, 1.82) is 0 Å². The van der Waals surface area contributed by atoms with Crippen LogP contribution in [0.1, 0.15) is 41.6 Å². The van der Waals surface area contributed by atoms with Crippen LogP contribution in [0.25, 0.3) is 0 Å². The Morgan fingerprint density at radius 1 is 0.850 bits per heavy atom. The number of carbonyl (C=O) groups is 2. The summed E-state index contributed by atoms with van der Waals surface area (Å²) in [5.74, 6) is -1.89. The molecule has 2 atom stereocenters. The zero-order chi connectivity index (χ0) is 29.8. The number of ketones is 1. The van der Waals surface area contributed by atoms with E-state index >= 15 is 0 Å². The van der Waals surface area contributed by atoms with Crippen LogP contribution in [-0.4, -0.2) is 39.2 Å². The van der Waals surface area contributed by atoms with Crippen LogP contribution in [0, 0.1) is 30.3 Å². The maximum atomic E-state index is 12.6. The van der Waals surface area contributed by atoms with Crippen molar-refractivity contribution in [1.82, 2.24) is 0 Å². The Bertz CT molecular complexity index is 1330. The standard InChI is InChI=1S/C20H23NO3.C6H3N3O7/c1-2-20(23)24-19(14-21)17(15-9-5-3-6-10-15)13-18(22)16-11-7-4-8-12-16;10-6-4(8(13)14)1-3(7(11)12)2-5(6)9(15)16/h3-12,17,19H,2,13-14,21H2,1H3;1-2,10H. The summed E-state index contributed by atoms with van der Waals surface area (Å²) in [6.07, 6.45) is 0.183. The second kappa shape index (κ2) is 14.6. The molecule has 14 nitrogen and oxygen atoms in total. The Morgan fingerprint density at radius 2 is 1.35 bits per heavy atom. The van der Waals surface area contributed by atoms with E-state index in [2.05, 4.69) is 5.73 Å². The van der Waals surface area contributed by atoms with Gasteiger partial charge in [0, 0.05) is 24.3 Å². The first kappa shape index (κ1) is 31.0. The third kappa shape index (κ3) is 8.39. The summed E-state index contributed by atoms with van der Waals surface area (Å²) in [7, 11) is 0. The molecule has 0 aliphatic heterocycles. The number of esters is 1. The monoisotopic (exact) mass is 554 g/mol. The summed E-state index contributed by atoms with van der Waals surface area (Å²) >= 11 is 0. The molecule has 3 aromatic carbocycles. The number of Topliss-reactive ketones (excluding diaryl/α,β-unsaturated/α-hetero) is 1. The van der Waals surface area contributed by atoms with Crippen molar-refractivity contribution in [3.8, 4) is 5.75 Å². The minimum Gasteiger partial charge on any atom is -0.863 e. The fraction of sp³-hybridized carbons (Fsp3) is 0.231. The number of carbonyl (C=O) groups excluding carboxylic acids is 2. The molecule has 3 N–H and O–H groups in total. The molecule has 0 spiro atoms. The highest BCUT2D eigenvalue weighted by Crippen LogP contribution is 2.37. The van der Waals surface area contributed by atoms with Gasteiger partial charge in [0.1, 0.15) is 6.54 Å². The van der Waals surface area contributed by atoms with Gasteiger partial charge in [-0.05, 0) is 5.56 Å². The van der Waals surface area contributed by atoms with E-state index in [1.807, 2.05) is 60.7 Å². The fourth-order valence-electron chi connectivity index (χ4n) is 3.66. The summed E-state index contributed by atoms with van der Waals surface area (Å²) in [6, 6.07) is 19.7. The smallest absolute Gasteiger partial charge is 0.306 e. The molecule has 0 aromatic heterocycles. The quantitative estimate of drug-likeness (QED) is 0.158. The van der Waals surface area contributed by atoms with Crippen LogP contribution < -0.4 is 10.8 Å². The number of hydrogen-bond acceptors (Lipinski definition) is 10. The third-order valence-electron chi connectivity index (χ3n) is 5.67. The average Bonchev–Trinajstić information content (AvgIpc) is 2.95. The third-order valence-corrected chi connectivity index (χ3v) is 5.67. The van der Waals surface area contributed by atoms with Gasteiger partial charge in [-0.15, -0.1) is 0 Å². The highest BCUT2D eigenvalue weighted by atomic mass is 16.6. The van der Waals surface area contributed by atoms with E-state index in [9.17, 15) is 45.0 Å². The number of benzene rings is 3. The van der Waals surface area contributed by atoms with Gasteiger partial charge < -0.3 is 15.6 Å². The first-order chi connectivity index (χ1) is 19.0. The van der Waals surface area contributed by atoms with Crippen molar-refractivity contribution in [2.24, 2.45) is 0 Å². The highest BCUT2D eigenvalue weighted by molar-refractivity contribution is 5.96. The summed E-state index contributed by atoms with van der Waals surface area (Å²) < 4.78 is 5.55. The van der Waals surface area contributed by atoms with Crippen LogP contribution in [0.5, 0.6) is 5.75 Å². The summed E-state index contributed by atoms with van der Waals surface area (Å²) in [5, 5.41) is 42.1. The molecule has 3 rings (SSSR count). The number of rotatable bonds is 11. The molecule has 0 fully saturated rings. The van der Waals surface area contributed by atoms with Crippen LogP contribution in [-0.2, 0) is 9.53 Å². The zero-order valence-electron chi connectivity index (χ0n) is 21.3. The molecular weight excluding hydrogens is 528 g/mol. The van der Waals surface area contributed by atoms with Gasteiger partial charge in [0.2, 0.25) is 0 Å². The number of non-ortho nitro benzene ring substituents is 1. The van der Waals surface area contributed by atoms with Crippen LogP contribution in [0.4, 0.5) is 17.1 Å². The minimum absolute atomic E-state index is 0.0375. The summed E-state index contributed by atoms with van der Waals surface area (Å²) in [5.41, 5.74) is 2.30. The predicted molar refractivity (Wildman–Crippen MR) is 138 cm³/mol. The second-order valence-corrected chi connectivity index (χ2v) is 8.27. The lowest BCUT2D eigenvalue weighted by Crippen LogP contribution is -2.58. The van der Waals surface area contributed by atoms with Crippen molar-refractivity contribution < 1.29 is 39.9 Å². The summed E-state index contributed by atoms with van der Waals surface area (Å²) in [4.78, 5) is 51.9. The Hall–Kier alpha value is -5.24. The molecule has 3 aromatic rings. The Balaban J connectivity index is 0.000000305. The fourth-order valence-corrected chi connectivity index (χ4v) is 3.66. The van der Waals surface area contributed by atoms with Gasteiger partial charge in [0.15, 0.2) is 11.9 Å². The highest BCUT2D eigenvalue weighted by Gasteiger charge is 2.29. The molecule has 0 heterocycles. The molecule has 0 saturated carbocycles. The average molecular weight is 555 g/mol. The Labute approximate surface area is 227 Å². The van der Waals surface area contributed by atoms with E-state index in [0.29, 0.717) is 30.7 Å². The second-order valence-electron chi connectivity index (χ2n) is 8.27. The van der Waals surface area contributed by atoms with Gasteiger partial charge in [0.05, 0.1) is 32.7 Å². The molecule has 210 valence electrons. The van der Waals surface area contributed by atoms with Gasteiger partial charge >= 0.3 is 5.97 Å². The van der Waals surface area contributed by atoms with E-state index in [1.165, 1.54) is 0 Å². The molecular formula is C26H26N4O10. The molecule has 0 aliphatic carbocycles. The lowest BCUT2D eigenvalue weighted by molar-refractivity contribution is -0.420. The van der Waals surface area contributed by atoms with E-state index in [0.717, 1.165) is 5.56 Å².